The predicted octanol–water partition coefficient (Wildman–Crippen LogP) is 4.35. The van der Waals surface area contributed by atoms with Gasteiger partial charge in [0.25, 0.3) is 0 Å². The van der Waals surface area contributed by atoms with E-state index in [0.717, 1.165) is 35.7 Å². The fourth-order valence-corrected chi connectivity index (χ4v) is 4.28. The van der Waals surface area contributed by atoms with Crippen molar-refractivity contribution in [1.82, 2.24) is 0 Å². The van der Waals surface area contributed by atoms with Crippen molar-refractivity contribution < 1.29 is 5.11 Å². The number of nitrogens with two attached hydrogens (primary N) is 1. The summed E-state index contributed by atoms with van der Waals surface area (Å²) in [5.74, 6) is 0. The standard InChI is InChI=1S/C17H26BrNO/c1-16(20,14-9-5-6-10-15(14)18)17(13-19)11-7-3-2-4-8-12-17/h5-6,9-10,20H,2-4,7-8,11-13,19H2,1H3. The molecule has 0 aromatic heterocycles. The van der Waals surface area contributed by atoms with Gasteiger partial charge in [-0.3, -0.25) is 0 Å². The third kappa shape index (κ3) is 2.95. The van der Waals surface area contributed by atoms with Crippen LogP contribution in [0.3, 0.4) is 0 Å². The molecule has 0 spiro atoms. The molecule has 2 rings (SSSR count). The summed E-state index contributed by atoms with van der Waals surface area (Å²) in [5.41, 5.74) is 6.02. The molecule has 0 amide bonds. The fraction of sp³-hybridized carbons (Fsp3) is 0.647. The lowest BCUT2D eigenvalue weighted by Crippen LogP contribution is -2.49. The molecule has 0 heterocycles. The lowest BCUT2D eigenvalue weighted by molar-refractivity contribution is -0.0869. The van der Waals surface area contributed by atoms with Gasteiger partial charge in [0.2, 0.25) is 0 Å². The third-order valence-corrected chi connectivity index (χ3v) is 5.82. The monoisotopic (exact) mass is 339 g/mol. The summed E-state index contributed by atoms with van der Waals surface area (Å²) in [4.78, 5) is 0. The van der Waals surface area contributed by atoms with E-state index in [1.165, 1.54) is 19.3 Å². The van der Waals surface area contributed by atoms with Crippen LogP contribution in [0.4, 0.5) is 0 Å². The molecule has 1 saturated carbocycles. The van der Waals surface area contributed by atoms with Gasteiger partial charge in [0.15, 0.2) is 0 Å². The highest BCUT2D eigenvalue weighted by molar-refractivity contribution is 9.10. The molecular formula is C17H26BrNO. The molecule has 1 fully saturated rings. The van der Waals surface area contributed by atoms with Crippen LogP contribution in [0.5, 0.6) is 0 Å². The van der Waals surface area contributed by atoms with Gasteiger partial charge in [-0.15, -0.1) is 0 Å². The first-order chi connectivity index (χ1) is 9.53. The number of benzene rings is 1. The molecule has 1 atom stereocenters. The molecule has 112 valence electrons. The van der Waals surface area contributed by atoms with Crippen molar-refractivity contribution in [2.75, 3.05) is 6.54 Å². The van der Waals surface area contributed by atoms with Gasteiger partial charge in [0.05, 0.1) is 5.60 Å². The number of aliphatic hydroxyl groups is 1. The SMILES string of the molecule is CC(O)(c1ccccc1Br)C1(CN)CCCCCCC1. The van der Waals surface area contributed by atoms with Crippen LogP contribution >= 0.6 is 15.9 Å². The van der Waals surface area contributed by atoms with Gasteiger partial charge in [-0.1, -0.05) is 66.2 Å². The van der Waals surface area contributed by atoms with Crippen molar-refractivity contribution in [1.29, 1.82) is 0 Å². The second-order valence-electron chi connectivity index (χ2n) is 6.30. The van der Waals surface area contributed by atoms with Crippen LogP contribution < -0.4 is 5.73 Å². The van der Waals surface area contributed by atoms with Crippen molar-refractivity contribution in [2.24, 2.45) is 11.1 Å². The predicted molar refractivity (Wildman–Crippen MR) is 87.5 cm³/mol. The van der Waals surface area contributed by atoms with E-state index in [9.17, 15) is 5.11 Å². The number of halogens is 1. The molecule has 1 aliphatic carbocycles. The van der Waals surface area contributed by atoms with E-state index in [0.29, 0.717) is 6.54 Å². The van der Waals surface area contributed by atoms with E-state index in [1.807, 2.05) is 31.2 Å². The summed E-state index contributed by atoms with van der Waals surface area (Å²) in [7, 11) is 0. The Morgan fingerprint density at radius 2 is 1.70 bits per heavy atom. The zero-order chi connectivity index (χ0) is 14.6. The molecule has 3 heteroatoms. The number of hydrogen-bond acceptors (Lipinski definition) is 2. The van der Waals surface area contributed by atoms with E-state index < -0.39 is 5.60 Å². The first kappa shape index (κ1) is 16.0. The smallest absolute Gasteiger partial charge is 0.0947 e. The van der Waals surface area contributed by atoms with E-state index in [2.05, 4.69) is 15.9 Å². The van der Waals surface area contributed by atoms with Crippen LogP contribution in [0.25, 0.3) is 0 Å². The van der Waals surface area contributed by atoms with Crippen molar-refractivity contribution in [3.63, 3.8) is 0 Å². The fourth-order valence-electron chi connectivity index (χ4n) is 3.61. The van der Waals surface area contributed by atoms with Gasteiger partial charge in [-0.05, 0) is 31.4 Å². The largest absolute Gasteiger partial charge is 0.385 e. The van der Waals surface area contributed by atoms with Gasteiger partial charge >= 0.3 is 0 Å². The highest BCUT2D eigenvalue weighted by Gasteiger charge is 2.47. The Morgan fingerprint density at radius 3 is 2.25 bits per heavy atom. The van der Waals surface area contributed by atoms with Crippen LogP contribution in [0.15, 0.2) is 28.7 Å². The molecule has 2 nitrogen and oxygen atoms in total. The second-order valence-corrected chi connectivity index (χ2v) is 7.16. The summed E-state index contributed by atoms with van der Waals surface area (Å²) in [6.07, 6.45) is 8.19. The quantitative estimate of drug-likeness (QED) is 0.859. The molecule has 0 bridgehead atoms. The highest BCUT2D eigenvalue weighted by atomic mass is 79.9. The lowest BCUT2D eigenvalue weighted by Gasteiger charge is -2.47. The Morgan fingerprint density at radius 1 is 1.15 bits per heavy atom. The number of rotatable bonds is 3. The molecule has 3 N–H and O–H groups in total. The highest BCUT2D eigenvalue weighted by Crippen LogP contribution is 2.49. The van der Waals surface area contributed by atoms with Gasteiger partial charge in [0, 0.05) is 16.4 Å². The molecule has 1 aromatic carbocycles. The number of hydrogen-bond donors (Lipinski definition) is 2. The van der Waals surface area contributed by atoms with Gasteiger partial charge in [-0.25, -0.2) is 0 Å². The van der Waals surface area contributed by atoms with Crippen LogP contribution in [0.2, 0.25) is 0 Å². The maximum absolute atomic E-state index is 11.3. The van der Waals surface area contributed by atoms with Crippen molar-refractivity contribution in [2.45, 2.75) is 57.5 Å². The van der Waals surface area contributed by atoms with E-state index >= 15 is 0 Å². The molecule has 0 radical (unpaired) electrons. The van der Waals surface area contributed by atoms with Gasteiger partial charge in [0.1, 0.15) is 0 Å². The van der Waals surface area contributed by atoms with Crippen LogP contribution in [-0.4, -0.2) is 11.7 Å². The minimum atomic E-state index is -0.890. The Balaban J connectivity index is 2.39. The van der Waals surface area contributed by atoms with E-state index in [-0.39, 0.29) is 5.41 Å². The van der Waals surface area contributed by atoms with E-state index in [1.54, 1.807) is 0 Å². The van der Waals surface area contributed by atoms with Crippen molar-refractivity contribution in [3.05, 3.63) is 34.3 Å². The van der Waals surface area contributed by atoms with Crippen molar-refractivity contribution >= 4 is 15.9 Å². The lowest BCUT2D eigenvalue weighted by atomic mass is 9.63. The average Bonchev–Trinajstić information content (AvgIpc) is 2.39. The topological polar surface area (TPSA) is 46.2 Å². The zero-order valence-corrected chi connectivity index (χ0v) is 14.0. The average molecular weight is 340 g/mol. The summed E-state index contributed by atoms with van der Waals surface area (Å²) in [6, 6.07) is 7.98. The molecular weight excluding hydrogens is 314 g/mol. The van der Waals surface area contributed by atoms with Crippen LogP contribution in [-0.2, 0) is 5.60 Å². The van der Waals surface area contributed by atoms with Crippen molar-refractivity contribution in [3.8, 4) is 0 Å². The zero-order valence-electron chi connectivity index (χ0n) is 12.4. The Kier molecular flexibility index (Phi) is 5.27. The van der Waals surface area contributed by atoms with Crippen LogP contribution in [0.1, 0.15) is 57.4 Å². The molecule has 1 aromatic rings. The van der Waals surface area contributed by atoms with E-state index in [4.69, 9.17) is 5.73 Å². The third-order valence-electron chi connectivity index (χ3n) is 5.13. The Hall–Kier alpha value is -0.380. The van der Waals surface area contributed by atoms with Crippen LogP contribution in [0, 0.1) is 5.41 Å². The molecule has 1 unspecified atom stereocenters. The first-order valence-electron chi connectivity index (χ1n) is 7.71. The normalized spacial score (nSPS) is 22.6. The maximum atomic E-state index is 11.3. The molecule has 20 heavy (non-hydrogen) atoms. The maximum Gasteiger partial charge on any atom is 0.0947 e. The summed E-state index contributed by atoms with van der Waals surface area (Å²) < 4.78 is 0.972. The summed E-state index contributed by atoms with van der Waals surface area (Å²) >= 11 is 3.59. The minimum absolute atomic E-state index is 0.211. The van der Waals surface area contributed by atoms with Gasteiger partial charge in [-0.2, -0.15) is 0 Å². The summed E-state index contributed by atoms with van der Waals surface area (Å²) in [6.45, 7) is 2.49. The van der Waals surface area contributed by atoms with Gasteiger partial charge < -0.3 is 10.8 Å². The molecule has 0 saturated heterocycles. The molecule has 0 aliphatic heterocycles. The second kappa shape index (κ2) is 6.59. The first-order valence-corrected chi connectivity index (χ1v) is 8.50. The Labute approximate surface area is 130 Å². The minimum Gasteiger partial charge on any atom is -0.385 e. The Bertz CT molecular complexity index is 436. The molecule has 1 aliphatic rings. The summed E-state index contributed by atoms with van der Waals surface area (Å²) in [5, 5.41) is 11.3.